The van der Waals surface area contributed by atoms with E-state index in [1.54, 1.807) is 18.3 Å². The first-order valence-electron chi connectivity index (χ1n) is 23.8. The zero-order valence-electron chi connectivity index (χ0n) is 37.6. The molecular weight excluding hydrogens is 860 g/mol. The van der Waals surface area contributed by atoms with Gasteiger partial charge in [0.05, 0.1) is 10.9 Å². The molecule has 7 N–H and O–H groups in total. The van der Waals surface area contributed by atoms with E-state index in [4.69, 9.17) is 17.3 Å². The Morgan fingerprint density at radius 1 is 0.846 bits per heavy atom. The van der Waals surface area contributed by atoms with E-state index >= 15 is 0 Å². The molecule has 4 aromatic rings. The summed E-state index contributed by atoms with van der Waals surface area (Å²) in [5, 5.41) is 11.1. The molecule has 65 heavy (non-hydrogen) atoms. The highest BCUT2D eigenvalue weighted by Gasteiger charge is 2.39. The molecule has 2 aromatic heterocycles. The lowest BCUT2D eigenvalue weighted by atomic mass is 9.83. The normalized spacial score (nSPS) is 19.1. The fraction of sp³-hybridized carbons (Fsp3) is 0.551. The minimum atomic E-state index is -0.886. The lowest BCUT2D eigenvalue weighted by Crippen LogP contribution is -2.59. The Morgan fingerprint density at radius 2 is 1.63 bits per heavy atom. The summed E-state index contributed by atoms with van der Waals surface area (Å²) in [6, 6.07) is 18.6. The molecule has 0 spiro atoms. The van der Waals surface area contributed by atoms with Crippen LogP contribution in [0.3, 0.4) is 0 Å². The number of nitrogens with two attached hydrogens (primary N) is 1. The van der Waals surface area contributed by atoms with Gasteiger partial charge in [0.15, 0.2) is 0 Å². The van der Waals surface area contributed by atoms with Gasteiger partial charge in [-0.2, -0.15) is 0 Å². The van der Waals surface area contributed by atoms with Gasteiger partial charge in [0.1, 0.15) is 23.8 Å². The quantitative estimate of drug-likeness (QED) is 0.0461. The van der Waals surface area contributed by atoms with Crippen LogP contribution in [0.25, 0.3) is 11.0 Å². The summed E-state index contributed by atoms with van der Waals surface area (Å²) < 4.78 is 3.38. The van der Waals surface area contributed by atoms with Gasteiger partial charge in [-0.3, -0.25) is 23.9 Å². The highest BCUT2D eigenvalue weighted by Crippen LogP contribution is 2.35. The van der Waals surface area contributed by atoms with E-state index in [0.717, 1.165) is 117 Å². The third-order valence-corrected chi connectivity index (χ3v) is 14.4. The van der Waals surface area contributed by atoms with E-state index < -0.39 is 11.6 Å². The van der Waals surface area contributed by atoms with Crippen molar-refractivity contribution in [3.63, 3.8) is 0 Å². The van der Waals surface area contributed by atoms with Crippen molar-refractivity contribution in [2.24, 2.45) is 17.6 Å². The van der Waals surface area contributed by atoms with Gasteiger partial charge < -0.3 is 36.5 Å². The number of halogens is 1. The molecule has 2 saturated heterocycles. The Morgan fingerprint density at radius 3 is 2.38 bits per heavy atom. The molecule has 2 aromatic carbocycles. The molecule has 2 aliphatic heterocycles. The molecule has 350 valence electrons. The number of likely N-dealkylation sites (tertiary alicyclic amines) is 1. The van der Waals surface area contributed by atoms with Gasteiger partial charge in [-0.25, -0.2) is 9.97 Å². The summed E-state index contributed by atoms with van der Waals surface area (Å²) in [6.45, 7) is 4.73. The van der Waals surface area contributed by atoms with Crippen LogP contribution in [0.2, 0.25) is 5.02 Å². The van der Waals surface area contributed by atoms with Crippen LogP contribution >= 0.6 is 23.5 Å². The second-order valence-electron chi connectivity index (χ2n) is 18.1. The number of hydrogen-bond donors (Lipinski definition) is 6. The van der Waals surface area contributed by atoms with Crippen molar-refractivity contribution in [2.75, 3.05) is 56.5 Å². The Bertz CT molecular complexity index is 2160. The molecule has 0 radical (unpaired) electrons. The van der Waals surface area contributed by atoms with Crippen molar-refractivity contribution in [1.82, 2.24) is 40.5 Å². The molecule has 14 nitrogen and oxygen atoms in total. The summed E-state index contributed by atoms with van der Waals surface area (Å²) in [5.41, 5.74) is 8.14. The van der Waals surface area contributed by atoms with Crippen molar-refractivity contribution >= 4 is 64.0 Å². The molecule has 4 aliphatic rings. The van der Waals surface area contributed by atoms with Gasteiger partial charge in [-0.1, -0.05) is 73.1 Å². The highest BCUT2D eigenvalue weighted by molar-refractivity contribution is 7.97. The van der Waals surface area contributed by atoms with E-state index in [0.29, 0.717) is 57.0 Å². The molecule has 2 atom stereocenters. The number of H-pyrrole nitrogens is 1. The number of aromatic amines is 1. The van der Waals surface area contributed by atoms with Gasteiger partial charge in [-0.05, 0) is 112 Å². The maximum Gasteiger partial charge on any atom is 0.251 e. The van der Waals surface area contributed by atoms with Crippen LogP contribution in [-0.2, 0) is 14.4 Å². The van der Waals surface area contributed by atoms with Crippen molar-refractivity contribution < 1.29 is 19.2 Å². The number of rotatable bonds is 18. The topological polar surface area (TPSA) is 190 Å². The predicted octanol–water partition coefficient (Wildman–Crippen LogP) is 6.73. The molecule has 2 aliphatic carbocycles. The summed E-state index contributed by atoms with van der Waals surface area (Å²) >= 11 is 7.19. The van der Waals surface area contributed by atoms with Crippen LogP contribution in [0, 0.1) is 11.8 Å². The average molecular weight is 928 g/mol. The van der Waals surface area contributed by atoms with E-state index in [2.05, 4.69) is 46.6 Å². The first-order valence-corrected chi connectivity index (χ1v) is 25.2. The van der Waals surface area contributed by atoms with E-state index in [9.17, 15) is 19.2 Å². The monoisotopic (exact) mass is 926 g/mol. The van der Waals surface area contributed by atoms with Crippen molar-refractivity contribution in [1.29, 1.82) is 0 Å². The van der Waals surface area contributed by atoms with Crippen LogP contribution < -0.4 is 31.3 Å². The predicted molar refractivity (Wildman–Crippen MR) is 260 cm³/mol. The molecule has 2 saturated carbocycles. The molecule has 4 amide bonds. The largest absolute Gasteiger partial charge is 0.356 e. The molecule has 4 fully saturated rings. The van der Waals surface area contributed by atoms with E-state index in [1.165, 1.54) is 6.42 Å². The van der Waals surface area contributed by atoms with Gasteiger partial charge >= 0.3 is 0 Å². The van der Waals surface area contributed by atoms with Gasteiger partial charge in [0.2, 0.25) is 17.7 Å². The fourth-order valence-corrected chi connectivity index (χ4v) is 10.2. The Kier molecular flexibility index (Phi) is 17.9. The lowest BCUT2D eigenvalue weighted by molar-refractivity contribution is -0.133. The van der Waals surface area contributed by atoms with Crippen molar-refractivity contribution in [2.45, 2.75) is 107 Å². The number of nitrogens with one attached hydrogen (secondary N) is 5. The number of fused-ring (bicyclic) bond motifs is 1. The second kappa shape index (κ2) is 24.2. The third kappa shape index (κ3) is 13.9. The molecule has 8 rings (SSSR count). The van der Waals surface area contributed by atoms with Gasteiger partial charge in [-0.15, -0.1) is 0 Å². The first-order chi connectivity index (χ1) is 31.7. The number of hydrogen-bond acceptors (Lipinski definition) is 10. The highest BCUT2D eigenvalue weighted by atomic mass is 35.5. The van der Waals surface area contributed by atoms with Crippen LogP contribution in [0.4, 0.5) is 5.82 Å². The number of anilines is 1. The fourth-order valence-electron chi connectivity index (χ4n) is 9.23. The zero-order valence-corrected chi connectivity index (χ0v) is 39.2. The second-order valence-corrected chi connectivity index (χ2v) is 19.5. The number of aromatic nitrogens is 3. The minimum absolute atomic E-state index is 0.0967. The minimum Gasteiger partial charge on any atom is -0.356 e. The third-order valence-electron chi connectivity index (χ3n) is 13.3. The molecule has 16 heteroatoms. The lowest BCUT2D eigenvalue weighted by Gasteiger charge is -2.38. The van der Waals surface area contributed by atoms with Crippen molar-refractivity contribution in [3.05, 3.63) is 89.3 Å². The van der Waals surface area contributed by atoms with Crippen molar-refractivity contribution in [3.8, 4) is 0 Å². The van der Waals surface area contributed by atoms with Crippen LogP contribution in [0.15, 0.2) is 73.2 Å². The molecule has 2 unspecified atom stereocenters. The van der Waals surface area contributed by atoms with Crippen LogP contribution in [0.1, 0.15) is 112 Å². The maximum atomic E-state index is 13.7. The average Bonchev–Trinajstić information content (AvgIpc) is 4.08. The summed E-state index contributed by atoms with van der Waals surface area (Å²) in [4.78, 5) is 69.0. The number of nitrogens with zero attached hydrogens (tertiary/aromatic N) is 4. The number of piperidine rings is 2. The van der Waals surface area contributed by atoms with Gasteiger partial charge in [0.25, 0.3) is 5.91 Å². The molecule has 0 bridgehead atoms. The van der Waals surface area contributed by atoms with Crippen LogP contribution in [0.5, 0.6) is 0 Å². The Balaban J connectivity index is 0.000000822. The summed E-state index contributed by atoms with van der Waals surface area (Å²) in [6.07, 6.45) is 16.3. The summed E-state index contributed by atoms with van der Waals surface area (Å²) in [7, 11) is 0. The molecular formula is C49H67ClN10O4S. The van der Waals surface area contributed by atoms with Gasteiger partial charge in [0, 0.05) is 80.2 Å². The Labute approximate surface area is 392 Å². The zero-order chi connectivity index (χ0) is 45.4. The number of benzene rings is 2. The number of carbonyl (C=O) groups excluding carboxylic acids is 4. The Hall–Kier alpha value is -4.70. The maximum absolute atomic E-state index is 13.7. The number of amides is 4. The standard InChI is InChI=1S/C43H62N10O4S.C6H5Cl/c44-43(17-24-52(25-18-43)38-35-16-22-45-37(35)48-29-49-38)42(57)47-20-8-21-50-58-26-5-4-19-46-40(55)36(30-9-2-1-3-10-30)51-39(54)33-12-6-11-32(27-33)34-13-7-23-53(28-34)41(56)31-14-15-31;7-6-4-2-1-3-5-6/h6,11-12,16,22,27,29-31,34,36,50H,1-5,7-10,13-15,17-21,23-26,28,44H2,(H,46,55)(H,47,57)(H,51,54)(H,45,48,49);1-5H. The first kappa shape index (κ1) is 48.2. The number of carbonyl (C=O) groups is 4. The smallest absolute Gasteiger partial charge is 0.251 e. The summed E-state index contributed by atoms with van der Waals surface area (Å²) in [5.74, 6) is 2.22. The SMILES string of the molecule is Clc1ccccc1.NC1(C(=O)NCCCNSCCCCNC(=O)C(NC(=O)c2cccc(C3CCCN(C(=O)C4CC4)C3)c2)C2CCCCC2)CCN(c2ncnc3[nH]ccc23)CC1. The van der Waals surface area contributed by atoms with Crippen LogP contribution in [-0.4, -0.2) is 107 Å². The number of unbranched alkanes of at least 4 members (excludes halogenated alkanes) is 1. The molecule has 4 heterocycles. The van der Waals surface area contributed by atoms with E-state index in [-0.39, 0.29) is 35.5 Å². The van der Waals surface area contributed by atoms with E-state index in [1.807, 2.05) is 65.7 Å².